The maximum absolute atomic E-state index is 12.5. The van der Waals surface area contributed by atoms with Crippen molar-refractivity contribution in [2.24, 2.45) is 0 Å². The van der Waals surface area contributed by atoms with E-state index in [4.69, 9.17) is 4.52 Å². The zero-order chi connectivity index (χ0) is 19.9. The fourth-order valence-electron chi connectivity index (χ4n) is 3.46. The molecule has 0 bridgehead atoms. The van der Waals surface area contributed by atoms with Crippen LogP contribution in [0.5, 0.6) is 0 Å². The van der Waals surface area contributed by atoms with Crippen molar-refractivity contribution in [3.8, 4) is 0 Å². The first-order valence-electron chi connectivity index (χ1n) is 9.75. The lowest BCUT2D eigenvalue weighted by Crippen LogP contribution is -2.51. The molecule has 2 heterocycles. The number of nitrogens with zero attached hydrogens (tertiary/aromatic N) is 3. The van der Waals surface area contributed by atoms with Gasteiger partial charge in [0.25, 0.3) is 0 Å². The summed E-state index contributed by atoms with van der Waals surface area (Å²) in [6.07, 6.45) is 1.11. The van der Waals surface area contributed by atoms with Crippen molar-refractivity contribution >= 4 is 11.8 Å². The van der Waals surface area contributed by atoms with Crippen molar-refractivity contribution in [3.63, 3.8) is 0 Å². The summed E-state index contributed by atoms with van der Waals surface area (Å²) in [7, 11) is 0. The van der Waals surface area contributed by atoms with Gasteiger partial charge in [0.1, 0.15) is 5.76 Å². The van der Waals surface area contributed by atoms with E-state index in [1.165, 1.54) is 0 Å². The number of aryl methyl sites for hydroxylation is 2. The van der Waals surface area contributed by atoms with Gasteiger partial charge in [-0.15, -0.1) is 0 Å². The van der Waals surface area contributed by atoms with Crippen molar-refractivity contribution in [2.45, 2.75) is 33.2 Å². The minimum atomic E-state index is 0.0158. The third-order valence-electron chi connectivity index (χ3n) is 5.19. The summed E-state index contributed by atoms with van der Waals surface area (Å²) in [6, 6.07) is 9.87. The number of rotatable bonds is 7. The SMILES string of the molecule is Cc1noc(C)c1CCC(=O)N1CCN(CC(=O)NCc2ccccc2)CC1. The number of carbonyl (C=O) groups is 2. The molecule has 150 valence electrons. The first kappa shape index (κ1) is 20.1. The Morgan fingerprint density at radius 2 is 1.82 bits per heavy atom. The van der Waals surface area contributed by atoms with Gasteiger partial charge in [-0.25, -0.2) is 0 Å². The number of amides is 2. The zero-order valence-electron chi connectivity index (χ0n) is 16.6. The van der Waals surface area contributed by atoms with E-state index in [-0.39, 0.29) is 11.8 Å². The molecular formula is C21H28N4O3. The number of aromatic nitrogens is 1. The fourth-order valence-corrected chi connectivity index (χ4v) is 3.46. The van der Waals surface area contributed by atoms with E-state index >= 15 is 0 Å². The van der Waals surface area contributed by atoms with E-state index in [9.17, 15) is 9.59 Å². The van der Waals surface area contributed by atoms with Crippen LogP contribution in [0.15, 0.2) is 34.9 Å². The number of carbonyl (C=O) groups excluding carboxylic acids is 2. The van der Waals surface area contributed by atoms with Crippen LogP contribution in [0.4, 0.5) is 0 Å². The summed E-state index contributed by atoms with van der Waals surface area (Å²) in [5.41, 5.74) is 2.98. The van der Waals surface area contributed by atoms with Crippen LogP contribution in [0.3, 0.4) is 0 Å². The highest BCUT2D eigenvalue weighted by Crippen LogP contribution is 2.15. The molecule has 0 unspecified atom stereocenters. The highest BCUT2D eigenvalue weighted by molar-refractivity contribution is 5.78. The molecule has 7 heteroatoms. The second kappa shape index (κ2) is 9.50. The number of nitrogens with one attached hydrogen (secondary N) is 1. The van der Waals surface area contributed by atoms with Crippen LogP contribution in [0, 0.1) is 13.8 Å². The molecule has 3 rings (SSSR count). The van der Waals surface area contributed by atoms with Gasteiger partial charge in [0.15, 0.2) is 0 Å². The number of hydrogen-bond donors (Lipinski definition) is 1. The lowest BCUT2D eigenvalue weighted by atomic mass is 10.1. The zero-order valence-corrected chi connectivity index (χ0v) is 16.6. The van der Waals surface area contributed by atoms with Crippen molar-refractivity contribution < 1.29 is 14.1 Å². The van der Waals surface area contributed by atoms with Gasteiger partial charge in [-0.05, 0) is 25.8 Å². The highest BCUT2D eigenvalue weighted by Gasteiger charge is 2.22. The Bertz CT molecular complexity index is 776. The van der Waals surface area contributed by atoms with Crippen LogP contribution >= 0.6 is 0 Å². The summed E-state index contributed by atoms with van der Waals surface area (Å²) < 4.78 is 5.15. The average Bonchev–Trinajstić information content (AvgIpc) is 3.03. The second-order valence-corrected chi connectivity index (χ2v) is 7.22. The predicted octanol–water partition coefficient (Wildman–Crippen LogP) is 1.68. The molecule has 28 heavy (non-hydrogen) atoms. The van der Waals surface area contributed by atoms with Crippen LogP contribution < -0.4 is 5.32 Å². The van der Waals surface area contributed by atoms with Gasteiger partial charge >= 0.3 is 0 Å². The van der Waals surface area contributed by atoms with Gasteiger partial charge in [-0.3, -0.25) is 14.5 Å². The number of benzene rings is 1. The smallest absolute Gasteiger partial charge is 0.234 e. The fraction of sp³-hybridized carbons (Fsp3) is 0.476. The summed E-state index contributed by atoms with van der Waals surface area (Å²) in [4.78, 5) is 28.6. The molecule has 1 aromatic carbocycles. The second-order valence-electron chi connectivity index (χ2n) is 7.22. The molecule has 1 fully saturated rings. The first-order valence-corrected chi connectivity index (χ1v) is 9.75. The van der Waals surface area contributed by atoms with Crippen LogP contribution in [0.25, 0.3) is 0 Å². The molecule has 2 aromatic rings. The molecule has 1 saturated heterocycles. The summed E-state index contributed by atoms with van der Waals surface area (Å²) in [5, 5.41) is 6.88. The van der Waals surface area contributed by atoms with Crippen LogP contribution in [-0.4, -0.2) is 59.5 Å². The Kier molecular flexibility index (Phi) is 6.81. The van der Waals surface area contributed by atoms with Gasteiger partial charge in [-0.2, -0.15) is 0 Å². The van der Waals surface area contributed by atoms with E-state index < -0.39 is 0 Å². The third-order valence-corrected chi connectivity index (χ3v) is 5.19. The molecule has 1 N–H and O–H groups in total. The van der Waals surface area contributed by atoms with Crippen molar-refractivity contribution in [3.05, 3.63) is 52.9 Å². The average molecular weight is 384 g/mol. The molecule has 1 aliphatic heterocycles. The maximum atomic E-state index is 12.5. The van der Waals surface area contributed by atoms with Gasteiger partial charge < -0.3 is 14.7 Å². The minimum absolute atomic E-state index is 0.0158. The number of piperazine rings is 1. The van der Waals surface area contributed by atoms with Crippen molar-refractivity contribution in [2.75, 3.05) is 32.7 Å². The summed E-state index contributed by atoms with van der Waals surface area (Å²) in [5.74, 6) is 0.951. The van der Waals surface area contributed by atoms with Crippen LogP contribution in [-0.2, 0) is 22.6 Å². The van der Waals surface area contributed by atoms with Gasteiger partial charge in [0.05, 0.1) is 12.2 Å². The summed E-state index contributed by atoms with van der Waals surface area (Å²) in [6.45, 7) is 7.44. The highest BCUT2D eigenvalue weighted by atomic mass is 16.5. The molecule has 1 aliphatic rings. The molecule has 7 nitrogen and oxygen atoms in total. The van der Waals surface area contributed by atoms with Gasteiger partial charge in [0.2, 0.25) is 11.8 Å². The Hall–Kier alpha value is -2.67. The largest absolute Gasteiger partial charge is 0.361 e. The topological polar surface area (TPSA) is 78.7 Å². The molecule has 0 saturated carbocycles. The van der Waals surface area contributed by atoms with E-state index in [1.54, 1.807) is 0 Å². The predicted molar refractivity (Wildman–Crippen MR) is 106 cm³/mol. The first-order chi connectivity index (χ1) is 13.5. The molecule has 0 aliphatic carbocycles. The molecule has 0 spiro atoms. The number of hydrogen-bond acceptors (Lipinski definition) is 5. The summed E-state index contributed by atoms with van der Waals surface area (Å²) >= 11 is 0. The molecular weight excluding hydrogens is 356 g/mol. The molecule has 0 atom stereocenters. The van der Waals surface area contributed by atoms with Crippen molar-refractivity contribution in [1.82, 2.24) is 20.3 Å². The standard InChI is InChI=1S/C21H28N4O3/c1-16-19(17(2)28-23-16)8-9-21(27)25-12-10-24(11-13-25)15-20(26)22-14-18-6-4-3-5-7-18/h3-7H,8-15H2,1-2H3,(H,22,26). The Morgan fingerprint density at radius 3 is 2.46 bits per heavy atom. The van der Waals surface area contributed by atoms with Crippen LogP contribution in [0.1, 0.15) is 29.0 Å². The normalized spacial score (nSPS) is 14.9. The Morgan fingerprint density at radius 1 is 1.11 bits per heavy atom. The molecule has 2 amide bonds. The van der Waals surface area contributed by atoms with E-state index in [1.807, 2.05) is 49.1 Å². The third kappa shape index (κ3) is 5.42. The van der Waals surface area contributed by atoms with Gasteiger partial charge in [0, 0.05) is 44.7 Å². The van der Waals surface area contributed by atoms with E-state index in [0.29, 0.717) is 39.0 Å². The lowest BCUT2D eigenvalue weighted by Gasteiger charge is -2.34. The van der Waals surface area contributed by atoms with E-state index in [2.05, 4.69) is 15.4 Å². The van der Waals surface area contributed by atoms with Crippen molar-refractivity contribution in [1.29, 1.82) is 0 Å². The Balaban J connectivity index is 1.36. The van der Waals surface area contributed by atoms with E-state index in [0.717, 1.165) is 35.7 Å². The maximum Gasteiger partial charge on any atom is 0.234 e. The van der Waals surface area contributed by atoms with Gasteiger partial charge in [-0.1, -0.05) is 35.5 Å². The minimum Gasteiger partial charge on any atom is -0.361 e. The molecule has 0 radical (unpaired) electrons. The molecule has 1 aromatic heterocycles. The lowest BCUT2D eigenvalue weighted by molar-refractivity contribution is -0.133. The van der Waals surface area contributed by atoms with Crippen LogP contribution in [0.2, 0.25) is 0 Å². The monoisotopic (exact) mass is 384 g/mol. The quantitative estimate of drug-likeness (QED) is 0.786. The Labute approximate surface area is 165 Å².